The van der Waals surface area contributed by atoms with E-state index < -0.39 is 5.97 Å². The summed E-state index contributed by atoms with van der Waals surface area (Å²) in [4.78, 5) is 49.0. The lowest BCUT2D eigenvalue weighted by molar-refractivity contribution is -0.136. The second kappa shape index (κ2) is 25.0. The van der Waals surface area contributed by atoms with E-state index in [0.29, 0.717) is 63.6 Å². The molecule has 2 aliphatic rings. The molecule has 1 amide bonds. The van der Waals surface area contributed by atoms with Crippen LogP contribution in [0.25, 0.3) is 22.3 Å². The molecule has 2 aliphatic carbocycles. The van der Waals surface area contributed by atoms with Crippen LogP contribution in [-0.2, 0) is 22.4 Å². The number of hydrogen-bond donors (Lipinski definition) is 3. The molecule has 13 nitrogen and oxygen atoms in total. The lowest BCUT2D eigenvalue weighted by Gasteiger charge is -2.20. The molecular weight excluding hydrogens is 869 g/mol. The highest BCUT2D eigenvalue weighted by Gasteiger charge is 2.30. The molecule has 0 fully saturated rings. The number of aliphatic carboxylic acids is 1. The Labute approximate surface area is 389 Å². The van der Waals surface area contributed by atoms with Gasteiger partial charge in [0.2, 0.25) is 17.4 Å². The highest BCUT2D eigenvalue weighted by molar-refractivity contribution is 7.98. The van der Waals surface area contributed by atoms with Crippen molar-refractivity contribution in [2.45, 2.75) is 74.2 Å². The number of thioether (sulfide) groups is 2. The van der Waals surface area contributed by atoms with Crippen LogP contribution in [0.4, 0.5) is 0 Å². The van der Waals surface area contributed by atoms with Gasteiger partial charge in [-0.3, -0.25) is 19.2 Å². The van der Waals surface area contributed by atoms with Crippen molar-refractivity contribution < 1.29 is 43.1 Å². The summed E-state index contributed by atoms with van der Waals surface area (Å²) >= 11 is 2.83. The van der Waals surface area contributed by atoms with Crippen LogP contribution in [0, 0.1) is 0 Å². The summed E-state index contributed by atoms with van der Waals surface area (Å²) in [5.74, 6) is 2.51. The zero-order valence-corrected chi connectivity index (χ0v) is 40.4. The molecule has 348 valence electrons. The molecule has 0 bridgehead atoms. The molecular formula is C50H60N2O11S2. The van der Waals surface area contributed by atoms with E-state index in [0.717, 1.165) is 57.3 Å². The lowest BCUT2D eigenvalue weighted by Crippen LogP contribution is -2.28. The van der Waals surface area contributed by atoms with Crippen molar-refractivity contribution >= 4 is 35.4 Å². The van der Waals surface area contributed by atoms with Gasteiger partial charge in [0, 0.05) is 23.6 Å². The van der Waals surface area contributed by atoms with E-state index in [1.54, 1.807) is 73.9 Å². The molecule has 0 aliphatic heterocycles. The molecule has 2 atom stereocenters. The molecule has 4 aromatic carbocycles. The van der Waals surface area contributed by atoms with Crippen molar-refractivity contribution in [1.82, 2.24) is 5.32 Å². The molecule has 6 rings (SSSR count). The van der Waals surface area contributed by atoms with E-state index in [9.17, 15) is 19.2 Å². The van der Waals surface area contributed by atoms with Gasteiger partial charge in [-0.1, -0.05) is 36.4 Å². The Morgan fingerprint density at radius 2 is 1.11 bits per heavy atom. The molecule has 0 aromatic heterocycles. The summed E-state index contributed by atoms with van der Waals surface area (Å²) in [5, 5.41) is 11.1. The lowest BCUT2D eigenvalue weighted by atomic mass is 9.95. The van der Waals surface area contributed by atoms with Crippen molar-refractivity contribution in [3.63, 3.8) is 0 Å². The zero-order valence-electron chi connectivity index (χ0n) is 38.7. The number of benzene rings is 2. The minimum atomic E-state index is -0.780. The molecule has 4 N–H and O–H groups in total. The van der Waals surface area contributed by atoms with Gasteiger partial charge in [-0.15, -0.1) is 23.5 Å². The monoisotopic (exact) mass is 928 g/mol. The van der Waals surface area contributed by atoms with E-state index in [2.05, 4.69) is 5.32 Å². The number of aryl methyl sites for hydroxylation is 2. The standard InChI is InChI=1S/C25H29NO5S.C20H23NO4S.C5H8O2/c1-6-7-8-22(28)26-18-11-9-15-13-20(29-2)24(30-3)25(31-4)23(15)16-10-12-21(32-5)19(27)14-17(16)18;1-23-16-9-11-5-7-14(21)13-10-15(22)17(26-4)8-6-12(13)18(11)20(25-3)19(16)24-2;1-2-3-4-5(6)7/h6-7,10,12-14,18H,8-9,11H2,1-5H3,(H,26,28);6,8-10,14H,5,7,21H2,1-4H3;2-3H,4H2,1H3,(H,6,7)/b7-6+;;3-2+/t18-;14-;/m00./s1. The number of nitrogens with two attached hydrogens (primary N) is 1. The van der Waals surface area contributed by atoms with Gasteiger partial charge in [-0.2, -0.15) is 0 Å². The Kier molecular flexibility index (Phi) is 19.9. The van der Waals surface area contributed by atoms with E-state index in [4.69, 9.17) is 39.3 Å². The van der Waals surface area contributed by atoms with Gasteiger partial charge in [0.15, 0.2) is 33.9 Å². The van der Waals surface area contributed by atoms with Crippen LogP contribution in [0.3, 0.4) is 0 Å². The first kappa shape index (κ1) is 51.7. The molecule has 15 heteroatoms. The van der Waals surface area contributed by atoms with Gasteiger partial charge >= 0.3 is 5.97 Å². The Morgan fingerprint density at radius 3 is 1.52 bits per heavy atom. The SMILES string of the molecule is C/C=C/CC(=O)N[C@H]1CCc2cc(OC)c(OC)c(OC)c2-c2ccc(SC)c(=O)cc21.C/C=C/CC(=O)O.COc1cc2c(c(OC)c1OC)-c1ccc(SC)c(=O)cc1[C@@H](N)CC2. The predicted molar refractivity (Wildman–Crippen MR) is 260 cm³/mol. The highest BCUT2D eigenvalue weighted by atomic mass is 32.2. The van der Waals surface area contributed by atoms with E-state index in [-0.39, 0.29) is 35.3 Å². The molecule has 0 saturated carbocycles. The minimum Gasteiger partial charge on any atom is -0.493 e. The second-order valence-corrected chi connectivity index (χ2v) is 16.4. The maximum absolute atomic E-state index is 12.9. The van der Waals surface area contributed by atoms with Crippen LogP contribution < -0.4 is 50.3 Å². The van der Waals surface area contributed by atoms with Gasteiger partial charge < -0.3 is 44.6 Å². The van der Waals surface area contributed by atoms with E-state index in [1.807, 2.05) is 68.0 Å². The first-order chi connectivity index (χ1) is 31.3. The molecule has 0 radical (unpaired) electrons. The van der Waals surface area contributed by atoms with Crippen molar-refractivity contribution in [2.24, 2.45) is 5.73 Å². The summed E-state index contributed by atoms with van der Waals surface area (Å²) in [7, 11) is 9.55. The molecule has 0 unspecified atom stereocenters. The Bertz CT molecular complexity index is 2530. The number of carbonyl (C=O) groups excluding carboxylic acids is 1. The maximum Gasteiger partial charge on any atom is 0.307 e. The van der Waals surface area contributed by atoms with Crippen LogP contribution in [0.2, 0.25) is 0 Å². The number of carbonyl (C=O) groups is 2. The largest absolute Gasteiger partial charge is 0.493 e. The van der Waals surface area contributed by atoms with Crippen molar-refractivity contribution in [2.75, 3.05) is 55.2 Å². The number of rotatable bonds is 13. The Balaban J connectivity index is 0.000000252. The van der Waals surface area contributed by atoms with Crippen molar-refractivity contribution in [3.8, 4) is 56.8 Å². The van der Waals surface area contributed by atoms with Crippen molar-refractivity contribution in [1.29, 1.82) is 0 Å². The van der Waals surface area contributed by atoms with Crippen molar-refractivity contribution in [3.05, 3.63) is 116 Å². The highest BCUT2D eigenvalue weighted by Crippen LogP contribution is 2.51. The van der Waals surface area contributed by atoms with Crippen LogP contribution in [0.1, 0.15) is 73.9 Å². The number of carboxylic acid groups (broad SMARTS) is 1. The van der Waals surface area contributed by atoms with Crippen LogP contribution in [-0.4, -0.2) is 72.2 Å². The first-order valence-electron chi connectivity index (χ1n) is 20.9. The Hall–Kier alpha value is -5.90. The van der Waals surface area contributed by atoms with Gasteiger partial charge in [-0.05, 0) is 122 Å². The third-order valence-electron chi connectivity index (χ3n) is 10.9. The molecule has 0 saturated heterocycles. The number of carboxylic acids is 1. The van der Waals surface area contributed by atoms with E-state index >= 15 is 0 Å². The average Bonchev–Trinajstić information content (AvgIpc) is 3.70. The Morgan fingerprint density at radius 1 is 0.662 bits per heavy atom. The van der Waals surface area contributed by atoms with Gasteiger partial charge in [-0.25, -0.2) is 0 Å². The number of methoxy groups -OCH3 is 6. The number of nitrogens with one attached hydrogen (secondary N) is 1. The zero-order chi connectivity index (χ0) is 47.8. The normalized spacial score (nSPS) is 14.6. The smallest absolute Gasteiger partial charge is 0.307 e. The molecule has 65 heavy (non-hydrogen) atoms. The predicted octanol–water partition coefficient (Wildman–Crippen LogP) is 8.98. The fourth-order valence-corrected chi connectivity index (χ4v) is 8.74. The van der Waals surface area contributed by atoms with E-state index in [1.165, 1.54) is 23.5 Å². The fraction of sp³-hybridized carbons (Fsp3) is 0.360. The molecule has 0 spiro atoms. The number of fused-ring (bicyclic) bond motifs is 6. The minimum absolute atomic E-state index is 0.0166. The first-order valence-corrected chi connectivity index (χ1v) is 23.3. The summed E-state index contributed by atoms with van der Waals surface area (Å²) in [5.41, 5.74) is 13.5. The maximum atomic E-state index is 12.9. The van der Waals surface area contributed by atoms with Gasteiger partial charge in [0.25, 0.3) is 0 Å². The topological polar surface area (TPSA) is 182 Å². The number of hydrogen-bond acceptors (Lipinski definition) is 13. The summed E-state index contributed by atoms with van der Waals surface area (Å²) in [6.45, 7) is 3.68. The van der Waals surface area contributed by atoms with Crippen LogP contribution >= 0.6 is 23.5 Å². The fourth-order valence-electron chi connectivity index (χ4n) is 7.81. The number of allylic oxidation sites excluding steroid dienone is 2. The third-order valence-corrected chi connectivity index (χ3v) is 12.4. The number of ether oxygens (including phenoxy) is 6. The quantitative estimate of drug-likeness (QED) is 0.0853. The van der Waals surface area contributed by atoms with Crippen LogP contribution in [0.15, 0.2) is 92.2 Å². The third kappa shape index (κ3) is 12.3. The summed E-state index contributed by atoms with van der Waals surface area (Å²) in [6, 6.07) is 14.3. The molecule has 0 heterocycles. The summed E-state index contributed by atoms with van der Waals surface area (Å²) in [6.07, 6.45) is 14.0. The second-order valence-electron chi connectivity index (χ2n) is 14.7. The van der Waals surface area contributed by atoms with Gasteiger partial charge in [0.1, 0.15) is 0 Å². The average molecular weight is 929 g/mol. The summed E-state index contributed by atoms with van der Waals surface area (Å²) < 4.78 is 33.7. The number of amides is 1. The van der Waals surface area contributed by atoms with Gasteiger partial charge in [0.05, 0.1) is 64.9 Å². The van der Waals surface area contributed by atoms with Crippen LogP contribution in [0.5, 0.6) is 34.5 Å². The molecule has 4 aromatic rings.